The van der Waals surface area contributed by atoms with Crippen molar-refractivity contribution in [2.45, 2.75) is 13.8 Å². The van der Waals surface area contributed by atoms with Crippen LogP contribution in [0.4, 0.5) is 5.69 Å². The lowest BCUT2D eigenvalue weighted by atomic mass is 10.1. The third-order valence-corrected chi connectivity index (χ3v) is 3.48. The van der Waals surface area contributed by atoms with E-state index in [0.29, 0.717) is 26.9 Å². The molecular formula is C14H11Cl2NO3. The molecule has 1 N–H and O–H groups in total. The van der Waals surface area contributed by atoms with Crippen LogP contribution < -0.4 is 10.9 Å². The molecule has 0 aliphatic heterocycles. The molecule has 6 heteroatoms. The number of hydrogen-bond acceptors (Lipinski definition) is 3. The SMILES string of the molecule is Cc1cc(=O)oc(C)c1C(=O)Nc1ccc(Cl)c(Cl)c1. The van der Waals surface area contributed by atoms with Crippen LogP contribution in [0.5, 0.6) is 0 Å². The quantitative estimate of drug-likeness (QED) is 0.917. The number of carbonyl (C=O) groups is 1. The highest BCUT2D eigenvalue weighted by molar-refractivity contribution is 6.42. The largest absolute Gasteiger partial charge is 0.427 e. The van der Waals surface area contributed by atoms with Crippen LogP contribution in [0.1, 0.15) is 21.7 Å². The maximum atomic E-state index is 12.2. The van der Waals surface area contributed by atoms with Gasteiger partial charge in [-0.15, -0.1) is 0 Å². The van der Waals surface area contributed by atoms with E-state index >= 15 is 0 Å². The molecule has 0 saturated heterocycles. The second-order valence-electron chi connectivity index (χ2n) is 4.26. The van der Waals surface area contributed by atoms with Gasteiger partial charge < -0.3 is 9.73 Å². The Morgan fingerprint density at radius 3 is 2.45 bits per heavy atom. The number of benzene rings is 1. The summed E-state index contributed by atoms with van der Waals surface area (Å²) >= 11 is 11.7. The van der Waals surface area contributed by atoms with Gasteiger partial charge in [-0.25, -0.2) is 4.79 Å². The summed E-state index contributed by atoms with van der Waals surface area (Å²) in [5, 5.41) is 3.43. The second-order valence-corrected chi connectivity index (χ2v) is 5.08. The molecule has 104 valence electrons. The average molecular weight is 312 g/mol. The molecule has 0 radical (unpaired) electrons. The first-order chi connectivity index (χ1) is 9.38. The Labute approximate surface area is 125 Å². The van der Waals surface area contributed by atoms with Gasteiger partial charge in [0.05, 0.1) is 15.6 Å². The highest BCUT2D eigenvalue weighted by atomic mass is 35.5. The predicted molar refractivity (Wildman–Crippen MR) is 78.9 cm³/mol. The highest BCUT2D eigenvalue weighted by Crippen LogP contribution is 2.25. The minimum atomic E-state index is -0.480. The number of amides is 1. The van der Waals surface area contributed by atoms with Crippen molar-refractivity contribution in [3.63, 3.8) is 0 Å². The maximum absolute atomic E-state index is 12.2. The van der Waals surface area contributed by atoms with Crippen molar-refractivity contribution in [1.29, 1.82) is 0 Å². The molecule has 2 aromatic rings. The molecule has 0 bridgehead atoms. The summed E-state index contributed by atoms with van der Waals surface area (Å²) < 4.78 is 4.93. The van der Waals surface area contributed by atoms with Crippen molar-refractivity contribution in [3.8, 4) is 0 Å². The van der Waals surface area contributed by atoms with Crippen LogP contribution in [0.25, 0.3) is 0 Å². The molecule has 0 atom stereocenters. The molecule has 0 saturated carbocycles. The molecule has 1 heterocycles. The van der Waals surface area contributed by atoms with Gasteiger partial charge in [0.1, 0.15) is 5.76 Å². The van der Waals surface area contributed by atoms with Crippen LogP contribution in [-0.2, 0) is 0 Å². The predicted octanol–water partition coefficient (Wildman–Crippen LogP) is 3.82. The molecule has 1 amide bonds. The van der Waals surface area contributed by atoms with E-state index in [4.69, 9.17) is 27.6 Å². The Morgan fingerprint density at radius 2 is 1.85 bits per heavy atom. The summed E-state index contributed by atoms with van der Waals surface area (Å²) in [5.41, 5.74) is 0.910. The second kappa shape index (κ2) is 5.69. The Morgan fingerprint density at radius 1 is 1.15 bits per heavy atom. The lowest BCUT2D eigenvalue weighted by Crippen LogP contribution is -2.17. The number of nitrogens with one attached hydrogen (secondary N) is 1. The molecule has 1 aromatic carbocycles. The van der Waals surface area contributed by atoms with Crippen LogP contribution in [-0.4, -0.2) is 5.91 Å². The van der Waals surface area contributed by atoms with E-state index < -0.39 is 5.63 Å². The Balaban J connectivity index is 2.33. The van der Waals surface area contributed by atoms with Gasteiger partial charge in [-0.05, 0) is 37.6 Å². The molecule has 2 rings (SSSR count). The number of anilines is 1. The minimum Gasteiger partial charge on any atom is -0.427 e. The first-order valence-corrected chi connectivity index (χ1v) is 6.52. The number of hydrogen-bond donors (Lipinski definition) is 1. The number of rotatable bonds is 2. The van der Waals surface area contributed by atoms with Gasteiger partial charge in [0.2, 0.25) is 0 Å². The van der Waals surface area contributed by atoms with Gasteiger partial charge in [0, 0.05) is 11.8 Å². The summed E-state index contributed by atoms with van der Waals surface area (Å²) in [6, 6.07) is 6.04. The third kappa shape index (κ3) is 3.03. The van der Waals surface area contributed by atoms with Gasteiger partial charge in [0.25, 0.3) is 5.91 Å². The van der Waals surface area contributed by atoms with E-state index in [1.54, 1.807) is 32.0 Å². The lowest BCUT2D eigenvalue weighted by Gasteiger charge is -2.09. The molecule has 0 fully saturated rings. The summed E-state index contributed by atoms with van der Waals surface area (Å²) in [5.74, 6) is -0.102. The van der Waals surface area contributed by atoms with Crippen molar-refractivity contribution >= 4 is 34.8 Å². The summed E-state index contributed by atoms with van der Waals surface area (Å²) in [6.45, 7) is 3.24. The van der Waals surface area contributed by atoms with Gasteiger partial charge in [-0.2, -0.15) is 0 Å². The molecule has 20 heavy (non-hydrogen) atoms. The first kappa shape index (κ1) is 14.6. The molecule has 0 spiro atoms. The zero-order valence-electron chi connectivity index (χ0n) is 10.8. The van der Waals surface area contributed by atoms with Crippen molar-refractivity contribution in [1.82, 2.24) is 0 Å². The van der Waals surface area contributed by atoms with E-state index in [2.05, 4.69) is 5.32 Å². The fourth-order valence-electron chi connectivity index (χ4n) is 1.86. The highest BCUT2D eigenvalue weighted by Gasteiger charge is 2.15. The van der Waals surface area contributed by atoms with Crippen molar-refractivity contribution in [2.75, 3.05) is 5.32 Å². The first-order valence-electron chi connectivity index (χ1n) is 5.76. The molecule has 0 unspecified atom stereocenters. The third-order valence-electron chi connectivity index (χ3n) is 2.74. The number of carbonyl (C=O) groups excluding carboxylic acids is 1. The number of aryl methyl sites for hydroxylation is 2. The van der Waals surface area contributed by atoms with E-state index in [-0.39, 0.29) is 11.7 Å². The Bertz CT molecular complexity index is 711. The van der Waals surface area contributed by atoms with Gasteiger partial charge in [0.15, 0.2) is 0 Å². The zero-order valence-corrected chi connectivity index (χ0v) is 12.3. The number of halogens is 2. The van der Waals surface area contributed by atoms with Crippen LogP contribution in [0, 0.1) is 13.8 Å². The monoisotopic (exact) mass is 311 g/mol. The Hall–Kier alpha value is -1.78. The summed E-state index contributed by atoms with van der Waals surface area (Å²) in [6.07, 6.45) is 0. The van der Waals surface area contributed by atoms with E-state index in [1.807, 2.05) is 0 Å². The van der Waals surface area contributed by atoms with E-state index in [9.17, 15) is 9.59 Å². The standard InChI is InChI=1S/C14H11Cl2NO3/c1-7-5-12(18)20-8(2)13(7)14(19)17-9-3-4-10(15)11(16)6-9/h3-6H,1-2H3,(H,17,19). The Kier molecular flexibility index (Phi) is 4.16. The zero-order chi connectivity index (χ0) is 14.9. The fourth-order valence-corrected chi connectivity index (χ4v) is 2.16. The average Bonchev–Trinajstić information content (AvgIpc) is 2.32. The van der Waals surface area contributed by atoms with Gasteiger partial charge in [-0.3, -0.25) is 4.79 Å². The topological polar surface area (TPSA) is 59.3 Å². The molecular weight excluding hydrogens is 301 g/mol. The lowest BCUT2D eigenvalue weighted by molar-refractivity contribution is 0.102. The van der Waals surface area contributed by atoms with Crippen molar-refractivity contribution < 1.29 is 9.21 Å². The fraction of sp³-hybridized carbons (Fsp3) is 0.143. The summed E-state index contributed by atoms with van der Waals surface area (Å²) in [7, 11) is 0. The van der Waals surface area contributed by atoms with Crippen LogP contribution in [0.15, 0.2) is 33.5 Å². The van der Waals surface area contributed by atoms with Gasteiger partial charge >= 0.3 is 5.63 Å². The van der Waals surface area contributed by atoms with Crippen LogP contribution >= 0.6 is 23.2 Å². The van der Waals surface area contributed by atoms with Crippen molar-refractivity contribution in [3.05, 3.63) is 61.6 Å². The normalized spacial score (nSPS) is 10.4. The maximum Gasteiger partial charge on any atom is 0.336 e. The molecule has 1 aromatic heterocycles. The van der Waals surface area contributed by atoms with E-state index in [0.717, 1.165) is 0 Å². The molecule has 0 aliphatic carbocycles. The molecule has 4 nitrogen and oxygen atoms in total. The molecule has 0 aliphatic rings. The van der Waals surface area contributed by atoms with Gasteiger partial charge in [-0.1, -0.05) is 23.2 Å². The van der Waals surface area contributed by atoms with E-state index in [1.165, 1.54) is 6.07 Å². The minimum absolute atomic E-state index is 0.271. The van der Waals surface area contributed by atoms with Crippen LogP contribution in [0.3, 0.4) is 0 Å². The smallest absolute Gasteiger partial charge is 0.336 e. The summed E-state index contributed by atoms with van der Waals surface area (Å²) in [4.78, 5) is 23.4. The van der Waals surface area contributed by atoms with Crippen molar-refractivity contribution in [2.24, 2.45) is 0 Å². The van der Waals surface area contributed by atoms with Crippen LogP contribution in [0.2, 0.25) is 10.0 Å².